The first-order valence-electron chi connectivity index (χ1n) is 4.78. The predicted octanol–water partition coefficient (Wildman–Crippen LogP) is 2.10. The molecule has 4 nitrogen and oxygen atoms in total. The fraction of sp³-hybridized carbons (Fsp3) is 0.364. The van der Waals surface area contributed by atoms with E-state index in [0.717, 1.165) is 5.56 Å². The molecule has 0 atom stereocenters. The van der Waals surface area contributed by atoms with E-state index in [1.807, 2.05) is 25.1 Å². The van der Waals surface area contributed by atoms with E-state index >= 15 is 0 Å². The van der Waals surface area contributed by atoms with Gasteiger partial charge in [-0.1, -0.05) is 12.1 Å². The van der Waals surface area contributed by atoms with E-state index in [4.69, 9.17) is 14.7 Å². The molecule has 0 heterocycles. The molecule has 0 aliphatic heterocycles. The summed E-state index contributed by atoms with van der Waals surface area (Å²) >= 11 is 0. The zero-order chi connectivity index (χ0) is 11.1. The summed E-state index contributed by atoms with van der Waals surface area (Å²) in [6.07, 6.45) is 1.92. The molecule has 0 aliphatic carbocycles. The van der Waals surface area contributed by atoms with Gasteiger partial charge in [-0.2, -0.15) is 0 Å². The van der Waals surface area contributed by atoms with Crippen LogP contribution < -0.4 is 9.47 Å². The van der Waals surface area contributed by atoms with E-state index in [-0.39, 0.29) is 0 Å². The number of hydrogen-bond donors (Lipinski definition) is 1. The highest BCUT2D eigenvalue weighted by Crippen LogP contribution is 2.30. The van der Waals surface area contributed by atoms with Crippen LogP contribution in [0.3, 0.4) is 0 Å². The first-order chi connectivity index (χ1) is 7.33. The minimum absolute atomic E-state index is 0.514. The van der Waals surface area contributed by atoms with Crippen LogP contribution in [0.4, 0.5) is 0 Å². The van der Waals surface area contributed by atoms with E-state index in [1.165, 1.54) is 6.21 Å². The molecular formula is C11H15NO3. The standard InChI is InChI=1S/C11H15NO3/c1-3-15-10-6-4-5-9(7-8-12-13)11(10)14-2/h4-6,8,13H,3,7H2,1-2H3. The molecule has 1 rings (SSSR count). The van der Waals surface area contributed by atoms with Crippen molar-refractivity contribution >= 4 is 6.21 Å². The van der Waals surface area contributed by atoms with Crippen molar-refractivity contribution in [2.24, 2.45) is 5.16 Å². The lowest BCUT2D eigenvalue weighted by Crippen LogP contribution is -1.99. The fourth-order valence-electron chi connectivity index (χ4n) is 1.36. The van der Waals surface area contributed by atoms with Crippen LogP contribution in [0.25, 0.3) is 0 Å². The number of ether oxygens (including phenoxy) is 2. The molecule has 0 saturated heterocycles. The molecule has 0 spiro atoms. The predicted molar refractivity (Wildman–Crippen MR) is 58.1 cm³/mol. The average molecular weight is 209 g/mol. The van der Waals surface area contributed by atoms with Crippen molar-refractivity contribution in [3.05, 3.63) is 23.8 Å². The minimum atomic E-state index is 0.514. The topological polar surface area (TPSA) is 51.0 Å². The van der Waals surface area contributed by atoms with E-state index in [2.05, 4.69) is 5.16 Å². The van der Waals surface area contributed by atoms with Gasteiger partial charge in [0, 0.05) is 18.2 Å². The maximum atomic E-state index is 8.36. The molecule has 4 heteroatoms. The van der Waals surface area contributed by atoms with Gasteiger partial charge in [0.05, 0.1) is 13.7 Å². The molecule has 15 heavy (non-hydrogen) atoms. The molecule has 0 aromatic heterocycles. The third-order valence-corrected chi connectivity index (χ3v) is 1.96. The van der Waals surface area contributed by atoms with Gasteiger partial charge in [-0.05, 0) is 13.0 Å². The second-order valence-electron chi connectivity index (χ2n) is 2.88. The van der Waals surface area contributed by atoms with E-state index in [1.54, 1.807) is 7.11 Å². The van der Waals surface area contributed by atoms with Crippen molar-refractivity contribution in [2.75, 3.05) is 13.7 Å². The number of rotatable bonds is 5. The van der Waals surface area contributed by atoms with Gasteiger partial charge in [0.25, 0.3) is 0 Å². The Labute approximate surface area is 89.1 Å². The molecular weight excluding hydrogens is 194 g/mol. The Hall–Kier alpha value is -1.71. The SMILES string of the molecule is CCOc1cccc(CC=NO)c1OC. The van der Waals surface area contributed by atoms with Gasteiger partial charge < -0.3 is 14.7 Å². The van der Waals surface area contributed by atoms with Gasteiger partial charge in [0.2, 0.25) is 0 Å². The largest absolute Gasteiger partial charge is 0.493 e. The normalized spacial score (nSPS) is 10.5. The molecule has 0 unspecified atom stereocenters. The summed E-state index contributed by atoms with van der Waals surface area (Å²) < 4.78 is 10.7. The zero-order valence-corrected chi connectivity index (χ0v) is 8.93. The van der Waals surface area contributed by atoms with E-state index < -0.39 is 0 Å². The lowest BCUT2D eigenvalue weighted by atomic mass is 10.1. The Bertz CT molecular complexity index is 337. The van der Waals surface area contributed by atoms with Crippen LogP contribution in [0.1, 0.15) is 12.5 Å². The van der Waals surface area contributed by atoms with Gasteiger partial charge in [-0.25, -0.2) is 0 Å². The smallest absolute Gasteiger partial charge is 0.164 e. The summed E-state index contributed by atoms with van der Waals surface area (Å²) in [5.74, 6) is 1.41. The maximum absolute atomic E-state index is 8.36. The Balaban J connectivity index is 2.98. The molecule has 1 aromatic rings. The van der Waals surface area contributed by atoms with Gasteiger partial charge in [0.15, 0.2) is 11.5 Å². The second-order valence-corrected chi connectivity index (χ2v) is 2.88. The van der Waals surface area contributed by atoms with Crippen LogP contribution in [0.5, 0.6) is 11.5 Å². The number of oxime groups is 1. The third-order valence-electron chi connectivity index (χ3n) is 1.96. The first-order valence-corrected chi connectivity index (χ1v) is 4.78. The summed E-state index contributed by atoms with van der Waals surface area (Å²) in [7, 11) is 1.59. The van der Waals surface area contributed by atoms with Crippen molar-refractivity contribution in [3.8, 4) is 11.5 Å². The van der Waals surface area contributed by atoms with Crippen molar-refractivity contribution in [1.29, 1.82) is 0 Å². The van der Waals surface area contributed by atoms with Crippen LogP contribution in [0.15, 0.2) is 23.4 Å². The Kier molecular flexibility index (Phi) is 4.47. The number of nitrogens with zero attached hydrogens (tertiary/aromatic N) is 1. The number of hydrogen-bond acceptors (Lipinski definition) is 4. The van der Waals surface area contributed by atoms with Gasteiger partial charge in [-0.15, -0.1) is 5.16 Å². The summed E-state index contributed by atoms with van der Waals surface area (Å²) in [6.45, 7) is 2.51. The number of benzene rings is 1. The summed E-state index contributed by atoms with van der Waals surface area (Å²) in [4.78, 5) is 0. The van der Waals surface area contributed by atoms with E-state index in [9.17, 15) is 0 Å². The van der Waals surface area contributed by atoms with Crippen LogP contribution in [-0.4, -0.2) is 25.1 Å². The molecule has 1 aromatic carbocycles. The molecule has 0 fully saturated rings. The maximum Gasteiger partial charge on any atom is 0.164 e. The third kappa shape index (κ3) is 2.87. The lowest BCUT2D eigenvalue weighted by molar-refractivity contribution is 0.309. The molecule has 82 valence electrons. The molecule has 0 aliphatic rings. The highest BCUT2D eigenvalue weighted by molar-refractivity contribution is 5.64. The average Bonchev–Trinajstić information content (AvgIpc) is 2.27. The Morgan fingerprint density at radius 1 is 1.47 bits per heavy atom. The van der Waals surface area contributed by atoms with Gasteiger partial charge in [0.1, 0.15) is 0 Å². The van der Waals surface area contributed by atoms with Gasteiger partial charge >= 0.3 is 0 Å². The monoisotopic (exact) mass is 209 g/mol. The number of para-hydroxylation sites is 1. The van der Waals surface area contributed by atoms with E-state index in [0.29, 0.717) is 24.5 Å². The Morgan fingerprint density at radius 2 is 2.27 bits per heavy atom. The molecule has 1 N–H and O–H groups in total. The molecule has 0 radical (unpaired) electrons. The van der Waals surface area contributed by atoms with Crippen LogP contribution >= 0.6 is 0 Å². The minimum Gasteiger partial charge on any atom is -0.493 e. The van der Waals surface area contributed by atoms with Crippen molar-refractivity contribution < 1.29 is 14.7 Å². The summed E-state index contributed by atoms with van der Waals surface area (Å²) in [6, 6.07) is 5.64. The lowest BCUT2D eigenvalue weighted by Gasteiger charge is -2.12. The molecule has 0 amide bonds. The molecule has 0 bridgehead atoms. The van der Waals surface area contributed by atoms with Crippen molar-refractivity contribution in [2.45, 2.75) is 13.3 Å². The van der Waals surface area contributed by atoms with Gasteiger partial charge in [-0.3, -0.25) is 0 Å². The second kappa shape index (κ2) is 5.90. The quantitative estimate of drug-likeness (QED) is 0.459. The first kappa shape index (κ1) is 11.4. The molecule has 0 saturated carbocycles. The highest BCUT2D eigenvalue weighted by Gasteiger charge is 2.08. The van der Waals surface area contributed by atoms with Crippen molar-refractivity contribution in [1.82, 2.24) is 0 Å². The van der Waals surface area contributed by atoms with Crippen molar-refractivity contribution in [3.63, 3.8) is 0 Å². The van der Waals surface area contributed by atoms with Crippen LogP contribution in [-0.2, 0) is 6.42 Å². The fourth-order valence-corrected chi connectivity index (χ4v) is 1.36. The number of methoxy groups -OCH3 is 1. The highest BCUT2D eigenvalue weighted by atomic mass is 16.5. The summed E-state index contributed by atoms with van der Waals surface area (Å²) in [5, 5.41) is 11.3. The van der Waals surface area contributed by atoms with Crippen LogP contribution in [0.2, 0.25) is 0 Å². The summed E-state index contributed by atoms with van der Waals surface area (Å²) in [5.41, 5.74) is 0.932. The van der Waals surface area contributed by atoms with Crippen LogP contribution in [0, 0.1) is 0 Å². The Morgan fingerprint density at radius 3 is 2.87 bits per heavy atom. The zero-order valence-electron chi connectivity index (χ0n) is 8.93.